The van der Waals surface area contributed by atoms with Crippen molar-refractivity contribution in [2.45, 2.75) is 32.4 Å². The van der Waals surface area contributed by atoms with Gasteiger partial charge in [0.25, 0.3) is 0 Å². The van der Waals surface area contributed by atoms with Crippen LogP contribution in [0.1, 0.15) is 25.8 Å². The zero-order valence-electron chi connectivity index (χ0n) is 11.6. The van der Waals surface area contributed by atoms with Gasteiger partial charge in [-0.2, -0.15) is 0 Å². The number of nitrogens with one attached hydrogen (secondary N) is 1. The minimum atomic E-state index is -0.664. The Morgan fingerprint density at radius 3 is 2.17 bits per heavy atom. The monoisotopic (exact) mass is 253 g/mol. The van der Waals surface area contributed by atoms with Crippen LogP contribution in [-0.4, -0.2) is 31.5 Å². The van der Waals surface area contributed by atoms with Gasteiger partial charge < -0.3 is 19.9 Å². The fourth-order valence-electron chi connectivity index (χ4n) is 1.57. The molecule has 102 valence electrons. The average Bonchev–Trinajstić information content (AvgIpc) is 2.38. The quantitative estimate of drug-likeness (QED) is 0.780. The van der Waals surface area contributed by atoms with Crippen molar-refractivity contribution in [2.75, 3.05) is 20.8 Å². The minimum Gasteiger partial charge on any atom is -0.497 e. The molecule has 1 unspecified atom stereocenters. The van der Waals surface area contributed by atoms with E-state index < -0.39 is 5.60 Å². The lowest BCUT2D eigenvalue weighted by Gasteiger charge is -2.21. The molecule has 2 N–H and O–H groups in total. The number of rotatable bonds is 7. The van der Waals surface area contributed by atoms with Gasteiger partial charge in [0, 0.05) is 19.2 Å². The molecule has 1 aromatic rings. The first kappa shape index (κ1) is 14.8. The Morgan fingerprint density at radius 2 is 1.72 bits per heavy atom. The summed E-state index contributed by atoms with van der Waals surface area (Å²) in [7, 11) is 3.27. The lowest BCUT2D eigenvalue weighted by atomic mass is 10.0. The van der Waals surface area contributed by atoms with Crippen molar-refractivity contribution in [1.82, 2.24) is 5.32 Å². The van der Waals surface area contributed by atoms with Crippen LogP contribution in [0.2, 0.25) is 0 Å². The largest absolute Gasteiger partial charge is 0.497 e. The summed E-state index contributed by atoms with van der Waals surface area (Å²) in [4.78, 5) is 0. The van der Waals surface area contributed by atoms with Crippen LogP contribution < -0.4 is 14.8 Å². The third-order valence-electron chi connectivity index (χ3n) is 3.01. The standard InChI is InChI=1S/C14H23NO3/c1-5-14(2,16)10-15-9-11-6-12(17-3)8-13(7-11)18-4/h6-8,15-16H,5,9-10H2,1-4H3. The maximum absolute atomic E-state index is 9.89. The second-order valence-electron chi connectivity index (χ2n) is 4.67. The summed E-state index contributed by atoms with van der Waals surface area (Å²) < 4.78 is 10.4. The molecule has 0 bridgehead atoms. The van der Waals surface area contributed by atoms with Crippen LogP contribution >= 0.6 is 0 Å². The highest BCUT2D eigenvalue weighted by Gasteiger charge is 2.16. The molecule has 0 aliphatic carbocycles. The second kappa shape index (κ2) is 6.61. The molecule has 4 heteroatoms. The smallest absolute Gasteiger partial charge is 0.122 e. The first-order valence-electron chi connectivity index (χ1n) is 6.16. The molecule has 0 fully saturated rings. The van der Waals surface area contributed by atoms with Crippen LogP contribution in [0.15, 0.2) is 18.2 Å². The number of ether oxygens (including phenoxy) is 2. The average molecular weight is 253 g/mol. The second-order valence-corrected chi connectivity index (χ2v) is 4.67. The molecule has 0 radical (unpaired) electrons. The SMILES string of the molecule is CCC(C)(O)CNCc1cc(OC)cc(OC)c1. The summed E-state index contributed by atoms with van der Waals surface area (Å²) in [6.07, 6.45) is 0.724. The Morgan fingerprint density at radius 1 is 1.17 bits per heavy atom. The first-order valence-corrected chi connectivity index (χ1v) is 6.16. The van der Waals surface area contributed by atoms with Gasteiger partial charge in [-0.15, -0.1) is 0 Å². The van der Waals surface area contributed by atoms with Gasteiger partial charge in [-0.05, 0) is 31.0 Å². The molecule has 1 atom stereocenters. The third-order valence-corrected chi connectivity index (χ3v) is 3.01. The van der Waals surface area contributed by atoms with E-state index in [0.717, 1.165) is 23.5 Å². The summed E-state index contributed by atoms with van der Waals surface area (Å²) in [5.74, 6) is 1.54. The summed E-state index contributed by atoms with van der Waals surface area (Å²) in [5, 5.41) is 13.1. The molecule has 0 aliphatic heterocycles. The summed E-state index contributed by atoms with van der Waals surface area (Å²) in [5.41, 5.74) is 0.404. The highest BCUT2D eigenvalue weighted by molar-refractivity contribution is 5.38. The molecule has 0 aliphatic rings. The van der Waals surface area contributed by atoms with E-state index in [2.05, 4.69) is 5.32 Å². The van der Waals surface area contributed by atoms with Gasteiger partial charge in [-0.3, -0.25) is 0 Å². The van der Waals surface area contributed by atoms with Gasteiger partial charge in [-0.25, -0.2) is 0 Å². The van der Waals surface area contributed by atoms with Crippen molar-refractivity contribution in [1.29, 1.82) is 0 Å². The number of benzene rings is 1. The molecule has 1 rings (SSSR count). The lowest BCUT2D eigenvalue weighted by Crippen LogP contribution is -2.36. The normalized spacial score (nSPS) is 14.1. The van der Waals surface area contributed by atoms with E-state index in [-0.39, 0.29) is 0 Å². The molecular weight excluding hydrogens is 230 g/mol. The van der Waals surface area contributed by atoms with Crippen molar-refractivity contribution in [3.8, 4) is 11.5 Å². The highest BCUT2D eigenvalue weighted by Crippen LogP contribution is 2.22. The minimum absolute atomic E-state index is 0.559. The molecule has 18 heavy (non-hydrogen) atoms. The van der Waals surface area contributed by atoms with Gasteiger partial charge >= 0.3 is 0 Å². The van der Waals surface area contributed by atoms with Gasteiger partial charge in [0.05, 0.1) is 19.8 Å². The fraction of sp³-hybridized carbons (Fsp3) is 0.571. The predicted octanol–water partition coefficient (Wildman–Crippen LogP) is 1.95. The van der Waals surface area contributed by atoms with Crippen molar-refractivity contribution < 1.29 is 14.6 Å². The zero-order chi connectivity index (χ0) is 13.6. The molecule has 0 saturated heterocycles. The van der Waals surface area contributed by atoms with Crippen molar-refractivity contribution in [2.24, 2.45) is 0 Å². The van der Waals surface area contributed by atoms with E-state index in [1.807, 2.05) is 32.0 Å². The van der Waals surface area contributed by atoms with Crippen LogP contribution in [-0.2, 0) is 6.54 Å². The molecule has 0 amide bonds. The molecule has 4 nitrogen and oxygen atoms in total. The number of hydrogen-bond acceptors (Lipinski definition) is 4. The van der Waals surface area contributed by atoms with E-state index >= 15 is 0 Å². The Balaban J connectivity index is 2.61. The van der Waals surface area contributed by atoms with Gasteiger partial charge in [0.1, 0.15) is 11.5 Å². The van der Waals surface area contributed by atoms with Crippen molar-refractivity contribution in [3.63, 3.8) is 0 Å². The fourth-order valence-corrected chi connectivity index (χ4v) is 1.57. The van der Waals surface area contributed by atoms with Crippen molar-refractivity contribution in [3.05, 3.63) is 23.8 Å². The van der Waals surface area contributed by atoms with E-state index in [4.69, 9.17) is 9.47 Å². The Hall–Kier alpha value is -1.26. The number of hydrogen-bond donors (Lipinski definition) is 2. The van der Waals surface area contributed by atoms with Gasteiger partial charge in [0.15, 0.2) is 0 Å². The molecule has 0 spiro atoms. The zero-order valence-corrected chi connectivity index (χ0v) is 11.6. The first-order chi connectivity index (χ1) is 8.50. The molecule has 1 aromatic carbocycles. The van der Waals surface area contributed by atoms with E-state index in [1.165, 1.54) is 0 Å². The van der Waals surface area contributed by atoms with Crippen LogP contribution in [0.5, 0.6) is 11.5 Å². The third kappa shape index (κ3) is 4.55. The molecule has 0 heterocycles. The van der Waals surface area contributed by atoms with Gasteiger partial charge in [-0.1, -0.05) is 6.92 Å². The molecule has 0 saturated carbocycles. The van der Waals surface area contributed by atoms with Crippen LogP contribution in [0.3, 0.4) is 0 Å². The predicted molar refractivity (Wildman–Crippen MR) is 72.2 cm³/mol. The van der Waals surface area contributed by atoms with E-state index in [0.29, 0.717) is 13.1 Å². The Labute approximate surface area is 109 Å². The van der Waals surface area contributed by atoms with Crippen LogP contribution in [0.4, 0.5) is 0 Å². The van der Waals surface area contributed by atoms with Crippen LogP contribution in [0, 0.1) is 0 Å². The molecule has 0 aromatic heterocycles. The number of methoxy groups -OCH3 is 2. The summed E-state index contributed by atoms with van der Waals surface area (Å²) in [6.45, 7) is 5.02. The van der Waals surface area contributed by atoms with Crippen LogP contribution in [0.25, 0.3) is 0 Å². The summed E-state index contributed by atoms with van der Waals surface area (Å²) >= 11 is 0. The number of aliphatic hydroxyl groups is 1. The molecular formula is C14H23NO3. The van der Waals surface area contributed by atoms with Crippen molar-refractivity contribution >= 4 is 0 Å². The van der Waals surface area contributed by atoms with E-state index in [9.17, 15) is 5.11 Å². The topological polar surface area (TPSA) is 50.7 Å². The van der Waals surface area contributed by atoms with E-state index in [1.54, 1.807) is 14.2 Å². The maximum atomic E-state index is 9.89. The Bertz CT molecular complexity index is 355. The highest BCUT2D eigenvalue weighted by atomic mass is 16.5. The Kier molecular flexibility index (Phi) is 5.44. The summed E-state index contributed by atoms with van der Waals surface area (Å²) in [6, 6.07) is 5.75. The maximum Gasteiger partial charge on any atom is 0.122 e. The lowest BCUT2D eigenvalue weighted by molar-refractivity contribution is 0.0555. The van der Waals surface area contributed by atoms with Gasteiger partial charge in [0.2, 0.25) is 0 Å².